The van der Waals surface area contributed by atoms with Gasteiger partial charge in [0.2, 0.25) is 0 Å². The van der Waals surface area contributed by atoms with Crippen LogP contribution in [0.15, 0.2) is 22.7 Å². The van der Waals surface area contributed by atoms with Crippen LogP contribution in [0.4, 0.5) is 4.39 Å². The topological polar surface area (TPSA) is 12.0 Å². The summed E-state index contributed by atoms with van der Waals surface area (Å²) in [5.74, 6) is -0.130. The Balaban J connectivity index is 0.000000845. The van der Waals surface area contributed by atoms with Crippen molar-refractivity contribution in [3.8, 4) is 0 Å². The SMILES string of the molecule is Cl.Fc1c(Br)cccc1[C@H]1CCN1. The summed E-state index contributed by atoms with van der Waals surface area (Å²) in [6.45, 7) is 0.997. The van der Waals surface area contributed by atoms with Crippen molar-refractivity contribution >= 4 is 28.3 Å². The molecule has 0 saturated carbocycles. The second kappa shape index (κ2) is 4.40. The molecule has 2 rings (SSSR count). The lowest BCUT2D eigenvalue weighted by Gasteiger charge is -2.28. The maximum atomic E-state index is 13.4. The lowest BCUT2D eigenvalue weighted by atomic mass is 9.98. The summed E-state index contributed by atoms with van der Waals surface area (Å²) in [5.41, 5.74) is 0.774. The summed E-state index contributed by atoms with van der Waals surface area (Å²) in [6.07, 6.45) is 1.04. The van der Waals surface area contributed by atoms with Crippen LogP contribution in [-0.4, -0.2) is 6.54 Å². The third kappa shape index (κ3) is 2.03. The first-order valence-electron chi connectivity index (χ1n) is 3.96. The third-order valence-corrected chi connectivity index (χ3v) is 2.79. The van der Waals surface area contributed by atoms with Gasteiger partial charge < -0.3 is 5.32 Å². The zero-order valence-electron chi connectivity index (χ0n) is 6.89. The van der Waals surface area contributed by atoms with Crippen molar-refractivity contribution < 1.29 is 4.39 Å². The maximum Gasteiger partial charge on any atom is 0.142 e. The highest BCUT2D eigenvalue weighted by Crippen LogP contribution is 2.28. The van der Waals surface area contributed by atoms with Crippen LogP contribution in [0.1, 0.15) is 18.0 Å². The van der Waals surface area contributed by atoms with Crippen LogP contribution in [0, 0.1) is 5.82 Å². The quantitative estimate of drug-likeness (QED) is 0.824. The fourth-order valence-electron chi connectivity index (χ4n) is 1.34. The van der Waals surface area contributed by atoms with E-state index in [2.05, 4.69) is 21.2 Å². The van der Waals surface area contributed by atoms with Crippen molar-refractivity contribution in [1.29, 1.82) is 0 Å². The van der Waals surface area contributed by atoms with Crippen molar-refractivity contribution in [1.82, 2.24) is 5.32 Å². The van der Waals surface area contributed by atoms with Gasteiger partial charge in [0.25, 0.3) is 0 Å². The summed E-state index contributed by atoms with van der Waals surface area (Å²) in [5, 5.41) is 3.17. The molecule has 0 amide bonds. The lowest BCUT2D eigenvalue weighted by molar-refractivity contribution is 0.370. The van der Waals surface area contributed by atoms with E-state index in [1.165, 1.54) is 0 Å². The number of benzene rings is 1. The van der Waals surface area contributed by atoms with Gasteiger partial charge in [-0.3, -0.25) is 0 Å². The first kappa shape index (κ1) is 11.0. The van der Waals surface area contributed by atoms with E-state index in [-0.39, 0.29) is 24.3 Å². The molecule has 0 unspecified atom stereocenters. The Morgan fingerprint density at radius 1 is 1.46 bits per heavy atom. The van der Waals surface area contributed by atoms with E-state index in [0.29, 0.717) is 4.47 Å². The second-order valence-electron chi connectivity index (χ2n) is 2.94. The van der Waals surface area contributed by atoms with Crippen LogP contribution in [-0.2, 0) is 0 Å². The highest BCUT2D eigenvalue weighted by molar-refractivity contribution is 9.10. The van der Waals surface area contributed by atoms with Crippen LogP contribution >= 0.6 is 28.3 Å². The molecule has 1 aromatic carbocycles. The van der Waals surface area contributed by atoms with Crippen LogP contribution in [0.3, 0.4) is 0 Å². The fraction of sp³-hybridized carbons (Fsp3) is 0.333. The van der Waals surface area contributed by atoms with E-state index in [1.807, 2.05) is 12.1 Å². The lowest BCUT2D eigenvalue weighted by Crippen LogP contribution is -2.35. The first-order chi connectivity index (χ1) is 5.79. The molecule has 0 radical (unpaired) electrons. The summed E-state index contributed by atoms with van der Waals surface area (Å²) in [4.78, 5) is 0. The smallest absolute Gasteiger partial charge is 0.142 e. The Morgan fingerprint density at radius 3 is 2.69 bits per heavy atom. The first-order valence-corrected chi connectivity index (χ1v) is 4.75. The van der Waals surface area contributed by atoms with Crippen molar-refractivity contribution in [2.24, 2.45) is 0 Å². The van der Waals surface area contributed by atoms with E-state index < -0.39 is 0 Å². The van der Waals surface area contributed by atoms with Crippen LogP contribution in [0.5, 0.6) is 0 Å². The molecule has 1 saturated heterocycles. The summed E-state index contributed by atoms with van der Waals surface area (Å²) in [6, 6.07) is 5.64. The molecule has 13 heavy (non-hydrogen) atoms. The molecule has 1 aliphatic rings. The Morgan fingerprint density at radius 2 is 2.15 bits per heavy atom. The second-order valence-corrected chi connectivity index (χ2v) is 3.79. The molecule has 1 aromatic rings. The van der Waals surface area contributed by atoms with Gasteiger partial charge in [-0.05, 0) is 35.0 Å². The van der Waals surface area contributed by atoms with Gasteiger partial charge in [0.05, 0.1) is 4.47 Å². The van der Waals surface area contributed by atoms with Gasteiger partial charge in [-0.15, -0.1) is 12.4 Å². The third-order valence-electron chi connectivity index (χ3n) is 2.18. The van der Waals surface area contributed by atoms with Crippen molar-refractivity contribution in [3.05, 3.63) is 34.1 Å². The van der Waals surface area contributed by atoms with Crippen LogP contribution < -0.4 is 5.32 Å². The Labute approximate surface area is 91.3 Å². The minimum absolute atomic E-state index is 0. The summed E-state index contributed by atoms with van der Waals surface area (Å²) < 4.78 is 13.9. The molecule has 1 aliphatic heterocycles. The monoisotopic (exact) mass is 265 g/mol. The Bertz CT molecular complexity index is 302. The highest BCUT2D eigenvalue weighted by Gasteiger charge is 2.22. The van der Waals surface area contributed by atoms with E-state index in [1.54, 1.807) is 6.07 Å². The van der Waals surface area contributed by atoms with Crippen molar-refractivity contribution in [2.45, 2.75) is 12.5 Å². The molecule has 4 heteroatoms. The fourth-order valence-corrected chi connectivity index (χ4v) is 1.73. The zero-order chi connectivity index (χ0) is 8.55. The number of hydrogen-bond acceptors (Lipinski definition) is 1. The maximum absolute atomic E-state index is 13.4. The average Bonchev–Trinajstić information content (AvgIpc) is 1.95. The molecule has 72 valence electrons. The minimum atomic E-state index is -0.130. The van der Waals surface area contributed by atoms with E-state index in [9.17, 15) is 4.39 Å². The molecule has 1 atom stereocenters. The average molecular weight is 267 g/mol. The van der Waals surface area contributed by atoms with Gasteiger partial charge in [0.1, 0.15) is 5.82 Å². The number of nitrogens with one attached hydrogen (secondary N) is 1. The molecular weight excluding hydrogens is 256 g/mol. The standard InChI is InChI=1S/C9H9BrFN.ClH/c10-7-3-1-2-6(9(7)11)8-4-5-12-8;/h1-3,8,12H,4-5H2;1H/t8-;/m1./s1. The van der Waals surface area contributed by atoms with Gasteiger partial charge in [-0.25, -0.2) is 4.39 Å². The molecule has 0 bridgehead atoms. The zero-order valence-corrected chi connectivity index (χ0v) is 9.29. The van der Waals surface area contributed by atoms with Gasteiger partial charge >= 0.3 is 0 Å². The van der Waals surface area contributed by atoms with Crippen molar-refractivity contribution in [3.63, 3.8) is 0 Å². The van der Waals surface area contributed by atoms with E-state index in [4.69, 9.17) is 0 Å². The normalized spacial score (nSPS) is 20.3. The summed E-state index contributed by atoms with van der Waals surface area (Å²) in [7, 11) is 0. The number of rotatable bonds is 1. The van der Waals surface area contributed by atoms with E-state index >= 15 is 0 Å². The van der Waals surface area contributed by atoms with Crippen LogP contribution in [0.25, 0.3) is 0 Å². The molecule has 1 nitrogen and oxygen atoms in total. The Kier molecular flexibility index (Phi) is 3.71. The number of hydrogen-bond donors (Lipinski definition) is 1. The summed E-state index contributed by atoms with van der Waals surface area (Å²) >= 11 is 3.16. The van der Waals surface area contributed by atoms with E-state index in [0.717, 1.165) is 18.5 Å². The molecule has 0 aromatic heterocycles. The Hall–Kier alpha value is -0.120. The molecule has 1 fully saturated rings. The van der Waals surface area contributed by atoms with Crippen molar-refractivity contribution in [2.75, 3.05) is 6.54 Å². The van der Waals surface area contributed by atoms with Gasteiger partial charge in [0.15, 0.2) is 0 Å². The predicted molar refractivity (Wildman–Crippen MR) is 56.7 cm³/mol. The van der Waals surface area contributed by atoms with Gasteiger partial charge in [-0.1, -0.05) is 12.1 Å². The minimum Gasteiger partial charge on any atom is -0.310 e. The molecule has 0 spiro atoms. The molecule has 1 N–H and O–H groups in total. The molecule has 0 aliphatic carbocycles. The van der Waals surface area contributed by atoms with Crippen LogP contribution in [0.2, 0.25) is 0 Å². The largest absolute Gasteiger partial charge is 0.310 e. The highest BCUT2D eigenvalue weighted by atomic mass is 79.9. The van der Waals surface area contributed by atoms with Gasteiger partial charge in [-0.2, -0.15) is 0 Å². The molecular formula is C9H10BrClFN. The number of halogens is 3. The van der Waals surface area contributed by atoms with Gasteiger partial charge in [0, 0.05) is 11.6 Å². The molecule has 1 heterocycles. The predicted octanol–water partition coefficient (Wildman–Crippen LogP) is 3.04.